The van der Waals surface area contributed by atoms with Crippen LogP contribution in [0.2, 0.25) is 0 Å². The SMILES string of the molecule is CCN(CC)c1ccc(NC(=O)c2c(C)c3ccc(N4CCN(C)CC4)cc3[nH]c2=O)cc1. The van der Waals surface area contributed by atoms with E-state index in [4.69, 9.17) is 0 Å². The highest BCUT2D eigenvalue weighted by Gasteiger charge is 2.19. The number of aromatic amines is 1. The van der Waals surface area contributed by atoms with Crippen molar-refractivity contribution in [1.29, 1.82) is 0 Å². The molecule has 1 aliphatic heterocycles. The first kappa shape index (κ1) is 22.9. The molecule has 2 N–H and O–H groups in total. The summed E-state index contributed by atoms with van der Waals surface area (Å²) in [4.78, 5) is 35.7. The summed E-state index contributed by atoms with van der Waals surface area (Å²) < 4.78 is 0. The van der Waals surface area contributed by atoms with Gasteiger partial charge in [-0.2, -0.15) is 0 Å². The van der Waals surface area contributed by atoms with Gasteiger partial charge in [0, 0.05) is 61.7 Å². The van der Waals surface area contributed by atoms with E-state index in [0.717, 1.165) is 61.5 Å². The van der Waals surface area contributed by atoms with Gasteiger partial charge in [-0.05, 0) is 69.8 Å². The summed E-state index contributed by atoms with van der Waals surface area (Å²) in [7, 11) is 2.13. The minimum atomic E-state index is -0.394. The quantitative estimate of drug-likeness (QED) is 0.603. The molecule has 2 aromatic carbocycles. The summed E-state index contributed by atoms with van der Waals surface area (Å²) in [6.07, 6.45) is 0. The van der Waals surface area contributed by atoms with Crippen molar-refractivity contribution < 1.29 is 4.79 Å². The molecule has 1 fully saturated rings. The number of aromatic nitrogens is 1. The maximum atomic E-state index is 13.0. The second kappa shape index (κ2) is 9.67. The Hall–Kier alpha value is -3.32. The summed E-state index contributed by atoms with van der Waals surface area (Å²) in [6, 6.07) is 13.8. The van der Waals surface area contributed by atoms with E-state index in [0.29, 0.717) is 11.3 Å². The number of anilines is 3. The number of likely N-dealkylation sites (N-methyl/N-ethyl adjacent to an activating group) is 1. The average Bonchev–Trinajstić information content (AvgIpc) is 2.81. The zero-order chi connectivity index (χ0) is 23.5. The Labute approximate surface area is 195 Å². The summed E-state index contributed by atoms with van der Waals surface area (Å²) >= 11 is 0. The summed E-state index contributed by atoms with van der Waals surface area (Å²) in [5.74, 6) is -0.394. The molecule has 2 heterocycles. The first-order valence-electron chi connectivity index (χ1n) is 11.7. The first-order valence-corrected chi connectivity index (χ1v) is 11.7. The predicted octanol–water partition coefficient (Wildman–Crippen LogP) is 3.69. The molecule has 1 aliphatic rings. The molecule has 33 heavy (non-hydrogen) atoms. The largest absolute Gasteiger partial charge is 0.372 e. The molecule has 0 aliphatic carbocycles. The second-order valence-corrected chi connectivity index (χ2v) is 8.65. The number of hydrogen-bond acceptors (Lipinski definition) is 5. The van der Waals surface area contributed by atoms with E-state index in [-0.39, 0.29) is 11.1 Å². The Bertz CT molecular complexity index is 1190. The van der Waals surface area contributed by atoms with Crippen LogP contribution in [0.15, 0.2) is 47.3 Å². The Kier molecular flexibility index (Phi) is 6.70. The van der Waals surface area contributed by atoms with Crippen LogP contribution in [0.1, 0.15) is 29.8 Å². The zero-order valence-electron chi connectivity index (χ0n) is 19.9. The van der Waals surface area contributed by atoms with Gasteiger partial charge >= 0.3 is 0 Å². The number of nitrogens with one attached hydrogen (secondary N) is 2. The molecule has 174 valence electrons. The predicted molar refractivity (Wildman–Crippen MR) is 137 cm³/mol. The maximum absolute atomic E-state index is 13.0. The Morgan fingerprint density at radius 2 is 1.70 bits per heavy atom. The molecule has 0 radical (unpaired) electrons. The van der Waals surface area contributed by atoms with Crippen molar-refractivity contribution in [2.45, 2.75) is 20.8 Å². The Balaban J connectivity index is 1.58. The molecule has 4 rings (SSSR count). The fraction of sp³-hybridized carbons (Fsp3) is 0.385. The first-order chi connectivity index (χ1) is 15.9. The minimum Gasteiger partial charge on any atom is -0.372 e. The average molecular weight is 448 g/mol. The lowest BCUT2D eigenvalue weighted by atomic mass is 10.0. The van der Waals surface area contributed by atoms with Gasteiger partial charge in [0.25, 0.3) is 11.5 Å². The second-order valence-electron chi connectivity index (χ2n) is 8.65. The standard InChI is InChI=1S/C26H33N5O2/c1-5-30(6-2)20-9-7-19(8-10-20)27-25(32)24-18(3)22-12-11-21(17-23(22)28-26(24)33)31-15-13-29(4)14-16-31/h7-12,17H,5-6,13-16H2,1-4H3,(H,27,32)(H,28,33). The molecular formula is C26H33N5O2. The van der Waals surface area contributed by atoms with Gasteiger partial charge in [-0.25, -0.2) is 0 Å². The van der Waals surface area contributed by atoms with Gasteiger partial charge in [-0.3, -0.25) is 9.59 Å². The van der Waals surface area contributed by atoms with Crippen molar-refractivity contribution >= 4 is 33.9 Å². The van der Waals surface area contributed by atoms with Crippen LogP contribution in [-0.4, -0.2) is 62.1 Å². The van der Waals surface area contributed by atoms with Gasteiger partial charge in [-0.15, -0.1) is 0 Å². The highest BCUT2D eigenvalue weighted by molar-refractivity contribution is 6.07. The van der Waals surface area contributed by atoms with Gasteiger partial charge < -0.3 is 25.0 Å². The highest BCUT2D eigenvalue weighted by Crippen LogP contribution is 2.25. The summed E-state index contributed by atoms with van der Waals surface area (Å²) in [5.41, 5.74) is 4.10. The molecule has 0 spiro atoms. The fourth-order valence-corrected chi connectivity index (χ4v) is 4.53. The van der Waals surface area contributed by atoms with E-state index in [2.05, 4.69) is 52.0 Å². The van der Waals surface area contributed by atoms with Crippen LogP contribution in [0.4, 0.5) is 17.1 Å². The third-order valence-electron chi connectivity index (χ3n) is 6.61. The van der Waals surface area contributed by atoms with Crippen LogP contribution < -0.4 is 20.7 Å². The lowest BCUT2D eigenvalue weighted by molar-refractivity contribution is 0.102. The number of nitrogens with zero attached hydrogens (tertiary/aromatic N) is 3. The summed E-state index contributed by atoms with van der Waals surface area (Å²) in [5, 5.41) is 3.77. The zero-order valence-corrected chi connectivity index (χ0v) is 19.9. The van der Waals surface area contributed by atoms with Crippen LogP contribution in [0.3, 0.4) is 0 Å². The normalized spacial score (nSPS) is 14.5. The summed E-state index contributed by atoms with van der Waals surface area (Å²) in [6.45, 7) is 11.9. The van der Waals surface area contributed by atoms with E-state index in [1.807, 2.05) is 43.3 Å². The van der Waals surface area contributed by atoms with Crippen molar-refractivity contribution in [1.82, 2.24) is 9.88 Å². The van der Waals surface area contributed by atoms with Crippen LogP contribution in [0, 0.1) is 6.92 Å². The molecule has 1 saturated heterocycles. The Morgan fingerprint density at radius 3 is 2.33 bits per heavy atom. The number of H-pyrrole nitrogens is 1. The minimum absolute atomic E-state index is 0.155. The van der Waals surface area contributed by atoms with Crippen molar-refractivity contribution in [2.75, 3.05) is 61.4 Å². The topological polar surface area (TPSA) is 71.7 Å². The monoisotopic (exact) mass is 447 g/mol. The molecule has 1 amide bonds. The number of hydrogen-bond donors (Lipinski definition) is 2. The molecular weight excluding hydrogens is 414 g/mol. The highest BCUT2D eigenvalue weighted by atomic mass is 16.2. The molecule has 0 saturated carbocycles. The van der Waals surface area contributed by atoms with E-state index < -0.39 is 5.91 Å². The van der Waals surface area contributed by atoms with Gasteiger partial charge in [0.1, 0.15) is 5.56 Å². The van der Waals surface area contributed by atoms with Crippen molar-refractivity contribution in [3.8, 4) is 0 Å². The van der Waals surface area contributed by atoms with Gasteiger partial charge in [-0.1, -0.05) is 6.07 Å². The number of rotatable bonds is 6. The molecule has 7 nitrogen and oxygen atoms in total. The third-order valence-corrected chi connectivity index (χ3v) is 6.61. The Morgan fingerprint density at radius 1 is 1.03 bits per heavy atom. The van der Waals surface area contributed by atoms with E-state index in [1.165, 1.54) is 0 Å². The molecule has 1 aromatic heterocycles. The number of aryl methyl sites for hydroxylation is 1. The fourth-order valence-electron chi connectivity index (χ4n) is 4.53. The van der Waals surface area contributed by atoms with Crippen molar-refractivity contribution in [3.63, 3.8) is 0 Å². The lowest BCUT2D eigenvalue weighted by Gasteiger charge is -2.34. The van der Waals surface area contributed by atoms with Gasteiger partial charge in [0.2, 0.25) is 0 Å². The molecule has 0 unspecified atom stereocenters. The maximum Gasteiger partial charge on any atom is 0.261 e. The van der Waals surface area contributed by atoms with E-state index >= 15 is 0 Å². The number of carbonyl (C=O) groups is 1. The van der Waals surface area contributed by atoms with Crippen LogP contribution in [0.5, 0.6) is 0 Å². The number of piperazine rings is 1. The van der Waals surface area contributed by atoms with Crippen LogP contribution in [0.25, 0.3) is 10.9 Å². The number of carbonyl (C=O) groups excluding carboxylic acids is 1. The number of fused-ring (bicyclic) bond motifs is 1. The third kappa shape index (κ3) is 4.73. The van der Waals surface area contributed by atoms with Gasteiger partial charge in [0.15, 0.2) is 0 Å². The molecule has 7 heteroatoms. The molecule has 0 bridgehead atoms. The lowest BCUT2D eigenvalue weighted by Crippen LogP contribution is -2.44. The van der Waals surface area contributed by atoms with Crippen LogP contribution >= 0.6 is 0 Å². The number of benzene rings is 2. The van der Waals surface area contributed by atoms with Crippen molar-refractivity contribution in [2.24, 2.45) is 0 Å². The number of pyridine rings is 1. The van der Waals surface area contributed by atoms with E-state index in [1.54, 1.807) is 0 Å². The van der Waals surface area contributed by atoms with Crippen molar-refractivity contribution in [3.05, 3.63) is 63.9 Å². The van der Waals surface area contributed by atoms with Crippen LogP contribution in [-0.2, 0) is 0 Å². The molecule has 0 atom stereocenters. The van der Waals surface area contributed by atoms with Gasteiger partial charge in [0.05, 0.1) is 5.52 Å². The van der Waals surface area contributed by atoms with E-state index in [9.17, 15) is 9.59 Å². The smallest absolute Gasteiger partial charge is 0.261 e. The molecule has 3 aromatic rings. The number of amides is 1.